The Morgan fingerprint density at radius 1 is 0.923 bits per heavy atom. The number of aryl methyl sites for hydroxylation is 2. The van der Waals surface area contributed by atoms with Gasteiger partial charge in [0.15, 0.2) is 0 Å². The first kappa shape index (κ1) is 17.7. The fourth-order valence-corrected chi connectivity index (χ4v) is 2.72. The zero-order valence-corrected chi connectivity index (χ0v) is 15.2. The molecule has 0 bridgehead atoms. The van der Waals surface area contributed by atoms with Gasteiger partial charge in [0.1, 0.15) is 5.75 Å². The Morgan fingerprint density at radius 2 is 1.73 bits per heavy atom. The van der Waals surface area contributed by atoms with Crippen LogP contribution in [0.3, 0.4) is 0 Å². The normalized spacial score (nSPS) is 10.4. The van der Waals surface area contributed by atoms with Crippen molar-refractivity contribution in [1.82, 2.24) is 0 Å². The Hall–Kier alpha value is -3.07. The number of benzene rings is 3. The van der Waals surface area contributed by atoms with Gasteiger partial charge < -0.3 is 10.1 Å². The van der Waals surface area contributed by atoms with E-state index in [1.807, 2.05) is 62.4 Å². The Kier molecular flexibility index (Phi) is 5.69. The zero-order valence-electron chi connectivity index (χ0n) is 15.2. The number of nitrogens with one attached hydrogen (secondary N) is 1. The molecule has 0 saturated carbocycles. The van der Waals surface area contributed by atoms with E-state index in [2.05, 4.69) is 17.4 Å². The molecule has 1 N–H and O–H groups in total. The summed E-state index contributed by atoms with van der Waals surface area (Å²) in [6.45, 7) is 4.57. The second-order valence-corrected chi connectivity index (χ2v) is 6.38. The maximum Gasteiger partial charge on any atom is 0.255 e. The van der Waals surface area contributed by atoms with Gasteiger partial charge in [-0.1, -0.05) is 48.5 Å². The van der Waals surface area contributed by atoms with Gasteiger partial charge in [-0.3, -0.25) is 4.79 Å². The standard InChI is InChI=1S/C23H23NO2/c1-17-11-12-18(2)22(15-17)24-23(25)20-9-6-10-21(16-20)26-14-13-19-7-4-3-5-8-19/h3-12,15-16H,13-14H2,1-2H3,(H,24,25). The molecule has 0 aliphatic rings. The predicted molar refractivity (Wildman–Crippen MR) is 106 cm³/mol. The molecule has 0 aromatic heterocycles. The smallest absolute Gasteiger partial charge is 0.255 e. The molecule has 0 aliphatic carbocycles. The third-order valence-electron chi connectivity index (χ3n) is 4.24. The number of carbonyl (C=O) groups excluding carboxylic acids is 1. The molecule has 0 saturated heterocycles. The number of carbonyl (C=O) groups is 1. The first-order valence-electron chi connectivity index (χ1n) is 8.77. The van der Waals surface area contributed by atoms with E-state index in [1.54, 1.807) is 12.1 Å². The molecule has 0 unspecified atom stereocenters. The first-order chi connectivity index (χ1) is 12.6. The third-order valence-corrected chi connectivity index (χ3v) is 4.24. The molecule has 1 amide bonds. The van der Waals surface area contributed by atoms with E-state index in [9.17, 15) is 4.79 Å². The molecule has 3 rings (SSSR count). The number of amides is 1. The Morgan fingerprint density at radius 3 is 2.54 bits per heavy atom. The molecular formula is C23H23NO2. The average molecular weight is 345 g/mol. The highest BCUT2D eigenvalue weighted by atomic mass is 16.5. The van der Waals surface area contributed by atoms with Crippen molar-refractivity contribution in [3.8, 4) is 5.75 Å². The Labute approximate surface area is 154 Å². The number of hydrogen-bond donors (Lipinski definition) is 1. The van der Waals surface area contributed by atoms with E-state index in [4.69, 9.17) is 4.74 Å². The molecule has 0 spiro atoms. The van der Waals surface area contributed by atoms with Crippen LogP contribution in [0.15, 0.2) is 72.8 Å². The van der Waals surface area contributed by atoms with Crippen LogP contribution >= 0.6 is 0 Å². The molecular weight excluding hydrogens is 322 g/mol. The SMILES string of the molecule is Cc1ccc(C)c(NC(=O)c2cccc(OCCc3ccccc3)c2)c1. The fourth-order valence-electron chi connectivity index (χ4n) is 2.72. The van der Waals surface area contributed by atoms with Gasteiger partial charge in [0.25, 0.3) is 5.91 Å². The van der Waals surface area contributed by atoms with Crippen LogP contribution in [0, 0.1) is 13.8 Å². The highest BCUT2D eigenvalue weighted by Crippen LogP contribution is 2.19. The van der Waals surface area contributed by atoms with Gasteiger partial charge in [-0.2, -0.15) is 0 Å². The van der Waals surface area contributed by atoms with Gasteiger partial charge in [-0.25, -0.2) is 0 Å². The van der Waals surface area contributed by atoms with Gasteiger partial charge in [-0.15, -0.1) is 0 Å². The summed E-state index contributed by atoms with van der Waals surface area (Å²) in [6.07, 6.45) is 0.833. The van der Waals surface area contributed by atoms with Crippen molar-refractivity contribution < 1.29 is 9.53 Å². The van der Waals surface area contributed by atoms with Crippen LogP contribution in [-0.4, -0.2) is 12.5 Å². The van der Waals surface area contributed by atoms with E-state index in [0.29, 0.717) is 17.9 Å². The predicted octanol–water partition coefficient (Wildman–Crippen LogP) is 5.18. The number of rotatable bonds is 6. The maximum atomic E-state index is 12.6. The van der Waals surface area contributed by atoms with E-state index < -0.39 is 0 Å². The van der Waals surface area contributed by atoms with Gasteiger partial charge in [0.2, 0.25) is 0 Å². The molecule has 132 valence electrons. The van der Waals surface area contributed by atoms with Crippen molar-refractivity contribution in [1.29, 1.82) is 0 Å². The molecule has 0 fully saturated rings. The molecule has 3 aromatic rings. The minimum atomic E-state index is -0.132. The maximum absolute atomic E-state index is 12.6. The first-order valence-corrected chi connectivity index (χ1v) is 8.77. The van der Waals surface area contributed by atoms with Gasteiger partial charge >= 0.3 is 0 Å². The largest absolute Gasteiger partial charge is 0.493 e. The number of hydrogen-bond acceptors (Lipinski definition) is 2. The topological polar surface area (TPSA) is 38.3 Å². The lowest BCUT2D eigenvalue weighted by Gasteiger charge is -2.11. The van der Waals surface area contributed by atoms with Crippen LogP contribution in [0.25, 0.3) is 0 Å². The third kappa shape index (κ3) is 4.73. The monoisotopic (exact) mass is 345 g/mol. The molecule has 0 heterocycles. The van der Waals surface area contributed by atoms with Crippen LogP contribution in [-0.2, 0) is 6.42 Å². The summed E-state index contributed by atoms with van der Waals surface area (Å²) in [6, 6.07) is 23.5. The molecule has 0 aliphatic heterocycles. The zero-order chi connectivity index (χ0) is 18.4. The summed E-state index contributed by atoms with van der Waals surface area (Å²) in [7, 11) is 0. The van der Waals surface area contributed by atoms with Crippen molar-refractivity contribution in [2.24, 2.45) is 0 Å². The van der Waals surface area contributed by atoms with E-state index in [1.165, 1.54) is 5.56 Å². The summed E-state index contributed by atoms with van der Waals surface area (Å²) >= 11 is 0. The highest BCUT2D eigenvalue weighted by molar-refractivity contribution is 6.04. The number of anilines is 1. The summed E-state index contributed by atoms with van der Waals surface area (Å²) in [4.78, 5) is 12.6. The summed E-state index contributed by atoms with van der Waals surface area (Å²) in [5, 5.41) is 2.98. The Balaban J connectivity index is 1.62. The van der Waals surface area contributed by atoms with E-state index >= 15 is 0 Å². The van der Waals surface area contributed by atoms with Crippen molar-refractivity contribution in [2.45, 2.75) is 20.3 Å². The van der Waals surface area contributed by atoms with Crippen LogP contribution in [0.1, 0.15) is 27.0 Å². The van der Waals surface area contributed by atoms with Crippen molar-refractivity contribution >= 4 is 11.6 Å². The average Bonchev–Trinajstić information content (AvgIpc) is 2.66. The van der Waals surface area contributed by atoms with Gasteiger partial charge in [0, 0.05) is 17.7 Å². The summed E-state index contributed by atoms with van der Waals surface area (Å²) in [5.41, 5.74) is 4.81. The molecule has 0 atom stereocenters. The lowest BCUT2D eigenvalue weighted by molar-refractivity contribution is 0.102. The number of ether oxygens (including phenoxy) is 1. The van der Waals surface area contributed by atoms with E-state index in [0.717, 1.165) is 23.2 Å². The van der Waals surface area contributed by atoms with Crippen LogP contribution in [0.5, 0.6) is 5.75 Å². The van der Waals surface area contributed by atoms with Gasteiger partial charge in [0.05, 0.1) is 6.61 Å². The summed E-state index contributed by atoms with van der Waals surface area (Å²) < 4.78 is 5.81. The molecule has 26 heavy (non-hydrogen) atoms. The van der Waals surface area contributed by atoms with Crippen LogP contribution in [0.4, 0.5) is 5.69 Å². The quantitative estimate of drug-likeness (QED) is 0.669. The Bertz CT molecular complexity index is 888. The molecule has 3 nitrogen and oxygen atoms in total. The van der Waals surface area contributed by atoms with E-state index in [-0.39, 0.29) is 5.91 Å². The lowest BCUT2D eigenvalue weighted by Crippen LogP contribution is -2.13. The molecule has 3 heteroatoms. The van der Waals surface area contributed by atoms with Crippen LogP contribution < -0.4 is 10.1 Å². The second-order valence-electron chi connectivity index (χ2n) is 6.38. The van der Waals surface area contributed by atoms with Crippen molar-refractivity contribution in [3.63, 3.8) is 0 Å². The summed E-state index contributed by atoms with van der Waals surface area (Å²) in [5.74, 6) is 0.571. The van der Waals surface area contributed by atoms with Gasteiger partial charge in [-0.05, 0) is 54.8 Å². The highest BCUT2D eigenvalue weighted by Gasteiger charge is 2.09. The van der Waals surface area contributed by atoms with Crippen molar-refractivity contribution in [2.75, 3.05) is 11.9 Å². The second kappa shape index (κ2) is 8.34. The van der Waals surface area contributed by atoms with Crippen LogP contribution in [0.2, 0.25) is 0 Å². The molecule has 3 aromatic carbocycles. The fraction of sp³-hybridized carbons (Fsp3) is 0.174. The molecule has 0 radical (unpaired) electrons. The minimum Gasteiger partial charge on any atom is -0.493 e. The van der Waals surface area contributed by atoms with Crippen molar-refractivity contribution in [3.05, 3.63) is 95.1 Å². The minimum absolute atomic E-state index is 0.132. The lowest BCUT2D eigenvalue weighted by atomic mass is 10.1.